The van der Waals surface area contributed by atoms with Gasteiger partial charge in [-0.15, -0.1) is 0 Å². The molecule has 0 saturated carbocycles. The normalized spacial score (nSPS) is 11.7. The largest absolute Gasteiger partial charge is 0.444 e. The molecule has 0 unspecified atom stereocenters. The standard InChI is InChI=1S/C13H17N3O3S/c1-9-10(2)19-13(16-9)7-15-20(17,18)8-11-5-3-4-6-12(11)14/h3-6,15H,7-8,14H2,1-2H3. The maximum atomic E-state index is 12.0. The van der Waals surface area contributed by atoms with E-state index in [0.717, 1.165) is 5.69 Å². The van der Waals surface area contributed by atoms with Crippen molar-refractivity contribution in [1.29, 1.82) is 0 Å². The Kier molecular flexibility index (Phi) is 4.10. The van der Waals surface area contributed by atoms with Gasteiger partial charge >= 0.3 is 0 Å². The lowest BCUT2D eigenvalue weighted by Gasteiger charge is -2.07. The lowest BCUT2D eigenvalue weighted by Crippen LogP contribution is -2.25. The number of nitrogens with two attached hydrogens (primary N) is 1. The van der Waals surface area contributed by atoms with Gasteiger partial charge in [-0.3, -0.25) is 0 Å². The number of benzene rings is 1. The summed E-state index contributed by atoms with van der Waals surface area (Å²) in [4.78, 5) is 4.12. The quantitative estimate of drug-likeness (QED) is 0.814. The average molecular weight is 295 g/mol. The van der Waals surface area contributed by atoms with Crippen molar-refractivity contribution in [2.75, 3.05) is 5.73 Å². The Labute approximate surface area is 118 Å². The molecule has 0 aliphatic rings. The SMILES string of the molecule is Cc1nc(CNS(=O)(=O)Cc2ccccc2N)oc1C. The summed E-state index contributed by atoms with van der Waals surface area (Å²) >= 11 is 0. The molecule has 6 nitrogen and oxygen atoms in total. The number of aryl methyl sites for hydroxylation is 2. The second kappa shape index (κ2) is 5.64. The van der Waals surface area contributed by atoms with Crippen LogP contribution in [-0.4, -0.2) is 13.4 Å². The molecule has 108 valence electrons. The number of nitrogens with one attached hydrogen (secondary N) is 1. The number of hydrogen-bond donors (Lipinski definition) is 2. The molecule has 1 heterocycles. The maximum Gasteiger partial charge on any atom is 0.216 e. The molecule has 0 radical (unpaired) electrons. The third-order valence-corrected chi connectivity index (χ3v) is 4.19. The highest BCUT2D eigenvalue weighted by Gasteiger charge is 2.15. The highest BCUT2D eigenvalue weighted by Crippen LogP contribution is 2.14. The van der Waals surface area contributed by atoms with Crippen molar-refractivity contribution in [2.24, 2.45) is 0 Å². The molecule has 0 bridgehead atoms. The number of para-hydroxylation sites is 1. The molecule has 3 N–H and O–H groups in total. The average Bonchev–Trinajstić information content (AvgIpc) is 2.69. The molecule has 2 aromatic rings. The highest BCUT2D eigenvalue weighted by molar-refractivity contribution is 7.88. The molecular weight excluding hydrogens is 278 g/mol. The topological polar surface area (TPSA) is 98.2 Å². The number of nitrogen functional groups attached to an aromatic ring is 1. The molecule has 0 spiro atoms. The van der Waals surface area contributed by atoms with Crippen LogP contribution < -0.4 is 10.5 Å². The van der Waals surface area contributed by atoms with Gasteiger partial charge in [0.15, 0.2) is 0 Å². The first kappa shape index (κ1) is 14.5. The van der Waals surface area contributed by atoms with Crippen molar-refractivity contribution in [3.8, 4) is 0 Å². The predicted octanol–water partition coefficient (Wildman–Crippen LogP) is 1.49. The van der Waals surface area contributed by atoms with Gasteiger partial charge in [0.25, 0.3) is 0 Å². The third-order valence-electron chi connectivity index (χ3n) is 2.92. The summed E-state index contributed by atoms with van der Waals surface area (Å²) in [5.74, 6) is 0.870. The van der Waals surface area contributed by atoms with Gasteiger partial charge in [-0.05, 0) is 25.5 Å². The molecule has 20 heavy (non-hydrogen) atoms. The van der Waals surface area contributed by atoms with Crippen molar-refractivity contribution < 1.29 is 12.8 Å². The monoisotopic (exact) mass is 295 g/mol. The van der Waals surface area contributed by atoms with Crippen LogP contribution in [0.1, 0.15) is 22.9 Å². The number of sulfonamides is 1. The second-order valence-corrected chi connectivity index (χ2v) is 6.34. The lowest BCUT2D eigenvalue weighted by molar-refractivity contribution is 0.463. The number of hydrogen-bond acceptors (Lipinski definition) is 5. The number of oxazole rings is 1. The molecule has 1 aromatic heterocycles. The van der Waals surface area contributed by atoms with E-state index in [1.807, 2.05) is 6.92 Å². The van der Waals surface area contributed by atoms with Crippen LogP contribution in [0, 0.1) is 13.8 Å². The van der Waals surface area contributed by atoms with Crippen molar-refractivity contribution in [3.63, 3.8) is 0 Å². The first-order chi connectivity index (χ1) is 9.37. The fraction of sp³-hybridized carbons (Fsp3) is 0.308. The Morgan fingerprint density at radius 2 is 2.00 bits per heavy atom. The molecule has 7 heteroatoms. The summed E-state index contributed by atoms with van der Waals surface area (Å²) in [6.07, 6.45) is 0. The minimum Gasteiger partial charge on any atom is -0.444 e. The van der Waals surface area contributed by atoms with Crippen LogP contribution in [0.25, 0.3) is 0 Å². The summed E-state index contributed by atoms with van der Waals surface area (Å²) in [7, 11) is -3.49. The van der Waals surface area contributed by atoms with E-state index in [9.17, 15) is 8.42 Å². The zero-order valence-corrected chi connectivity index (χ0v) is 12.2. The number of aromatic nitrogens is 1. The van der Waals surface area contributed by atoms with Crippen molar-refractivity contribution >= 4 is 15.7 Å². The molecule has 0 fully saturated rings. The second-order valence-electron chi connectivity index (χ2n) is 4.53. The molecule has 2 rings (SSSR count). The minimum atomic E-state index is -3.49. The number of anilines is 1. The van der Waals surface area contributed by atoms with Crippen molar-refractivity contribution in [2.45, 2.75) is 26.1 Å². The van der Waals surface area contributed by atoms with Crippen LogP contribution in [0.4, 0.5) is 5.69 Å². The number of rotatable bonds is 5. The van der Waals surface area contributed by atoms with E-state index in [-0.39, 0.29) is 12.3 Å². The van der Waals surface area contributed by atoms with E-state index in [1.54, 1.807) is 31.2 Å². The summed E-state index contributed by atoms with van der Waals surface area (Å²) in [5.41, 5.74) is 7.52. The zero-order valence-electron chi connectivity index (χ0n) is 11.4. The van der Waals surface area contributed by atoms with Gasteiger partial charge in [-0.25, -0.2) is 18.1 Å². The van der Waals surface area contributed by atoms with Crippen molar-refractivity contribution in [1.82, 2.24) is 9.71 Å². The maximum absolute atomic E-state index is 12.0. The van der Waals surface area contributed by atoms with Gasteiger partial charge in [0.2, 0.25) is 15.9 Å². The van der Waals surface area contributed by atoms with Gasteiger partial charge in [-0.2, -0.15) is 0 Å². The Balaban J connectivity index is 2.03. The van der Waals surface area contributed by atoms with Gasteiger partial charge < -0.3 is 10.2 Å². The van der Waals surface area contributed by atoms with Gasteiger partial charge in [0, 0.05) is 5.69 Å². The van der Waals surface area contributed by atoms with E-state index in [2.05, 4.69) is 9.71 Å². The smallest absolute Gasteiger partial charge is 0.216 e. The Morgan fingerprint density at radius 3 is 2.60 bits per heavy atom. The Morgan fingerprint density at radius 1 is 1.30 bits per heavy atom. The highest BCUT2D eigenvalue weighted by atomic mass is 32.2. The predicted molar refractivity (Wildman–Crippen MR) is 76.3 cm³/mol. The molecule has 0 amide bonds. The van der Waals surface area contributed by atoms with Crippen LogP contribution in [0.5, 0.6) is 0 Å². The van der Waals surface area contributed by atoms with E-state index in [0.29, 0.717) is 22.9 Å². The minimum absolute atomic E-state index is 0.0315. The summed E-state index contributed by atoms with van der Waals surface area (Å²) in [5, 5.41) is 0. The zero-order chi connectivity index (χ0) is 14.8. The summed E-state index contributed by atoms with van der Waals surface area (Å²) in [6, 6.07) is 6.87. The fourth-order valence-electron chi connectivity index (χ4n) is 1.71. The first-order valence-corrected chi connectivity index (χ1v) is 7.76. The molecule has 0 atom stereocenters. The van der Waals surface area contributed by atoms with Crippen LogP contribution in [0.3, 0.4) is 0 Å². The van der Waals surface area contributed by atoms with E-state index in [4.69, 9.17) is 10.2 Å². The molecule has 0 aliphatic heterocycles. The van der Waals surface area contributed by atoms with Gasteiger partial charge in [0.05, 0.1) is 18.0 Å². The van der Waals surface area contributed by atoms with E-state index >= 15 is 0 Å². The van der Waals surface area contributed by atoms with E-state index in [1.165, 1.54) is 0 Å². The molecule has 0 aliphatic carbocycles. The van der Waals surface area contributed by atoms with E-state index < -0.39 is 10.0 Å². The number of nitrogens with zero attached hydrogens (tertiary/aromatic N) is 1. The fourth-order valence-corrected chi connectivity index (χ4v) is 2.83. The van der Waals surface area contributed by atoms with Crippen LogP contribution in [0.2, 0.25) is 0 Å². The summed E-state index contributed by atoms with van der Waals surface area (Å²) in [6.45, 7) is 3.62. The first-order valence-electron chi connectivity index (χ1n) is 6.11. The molecular formula is C13H17N3O3S. The third kappa shape index (κ3) is 3.58. The molecule has 1 aromatic carbocycles. The van der Waals surface area contributed by atoms with Crippen LogP contribution in [0.15, 0.2) is 28.7 Å². The van der Waals surface area contributed by atoms with Gasteiger partial charge in [0.1, 0.15) is 5.76 Å². The van der Waals surface area contributed by atoms with Crippen LogP contribution in [-0.2, 0) is 22.3 Å². The Bertz CT molecular complexity index is 688. The van der Waals surface area contributed by atoms with Crippen LogP contribution >= 0.6 is 0 Å². The summed E-state index contributed by atoms with van der Waals surface area (Å²) < 4.78 is 31.7. The molecule has 0 saturated heterocycles. The Hall–Kier alpha value is -1.86. The van der Waals surface area contributed by atoms with Crippen molar-refractivity contribution in [3.05, 3.63) is 47.2 Å². The van der Waals surface area contributed by atoms with Gasteiger partial charge in [-0.1, -0.05) is 18.2 Å². The lowest BCUT2D eigenvalue weighted by atomic mass is 10.2.